The van der Waals surface area contributed by atoms with Crippen molar-refractivity contribution >= 4 is 27.5 Å². The number of piperidine rings is 1. The summed E-state index contributed by atoms with van der Waals surface area (Å²) in [6.45, 7) is 0. The predicted octanol–water partition coefficient (Wildman–Crippen LogP) is 2.64. The molecule has 2 bridgehead atoms. The van der Waals surface area contributed by atoms with E-state index in [1.165, 1.54) is 37.2 Å². The number of hydrogen-bond acceptors (Lipinski definition) is 4. The lowest BCUT2D eigenvalue weighted by Crippen LogP contribution is -2.39. The summed E-state index contributed by atoms with van der Waals surface area (Å²) in [5, 5.41) is 0. The van der Waals surface area contributed by atoms with E-state index in [4.69, 9.17) is 0 Å². The summed E-state index contributed by atoms with van der Waals surface area (Å²) in [6, 6.07) is 1.55. The van der Waals surface area contributed by atoms with E-state index in [0.29, 0.717) is 5.92 Å². The second-order valence-electron chi connectivity index (χ2n) is 4.62. The molecule has 3 heterocycles. The maximum atomic E-state index is 4.46. The van der Waals surface area contributed by atoms with E-state index >= 15 is 0 Å². The van der Waals surface area contributed by atoms with E-state index in [-0.39, 0.29) is 0 Å². The van der Waals surface area contributed by atoms with Gasteiger partial charge in [-0.2, -0.15) is 4.37 Å². The van der Waals surface area contributed by atoms with Crippen molar-refractivity contribution in [1.82, 2.24) is 14.3 Å². The lowest BCUT2D eigenvalue weighted by atomic mass is 9.90. The van der Waals surface area contributed by atoms with E-state index in [1.807, 2.05) is 0 Å². The fourth-order valence-corrected chi connectivity index (χ4v) is 3.90. The predicted molar refractivity (Wildman–Crippen MR) is 64.2 cm³/mol. The van der Waals surface area contributed by atoms with Gasteiger partial charge in [-0.25, -0.2) is 4.98 Å². The average Bonchev–Trinajstić information content (AvgIpc) is 2.70. The van der Waals surface area contributed by atoms with Gasteiger partial charge < -0.3 is 4.90 Å². The molecule has 2 saturated heterocycles. The molecule has 0 saturated carbocycles. The molecule has 0 aliphatic carbocycles. The Labute approximate surface area is 102 Å². The molecule has 5 heteroatoms. The van der Waals surface area contributed by atoms with Gasteiger partial charge in [0, 0.05) is 18.0 Å². The van der Waals surface area contributed by atoms with Gasteiger partial charge in [0.15, 0.2) is 3.92 Å². The normalized spacial score (nSPS) is 36.0. The SMILES string of the molecule is CN1C2CCC1CC(c1nsc(Br)n1)C2. The van der Waals surface area contributed by atoms with Gasteiger partial charge in [0.1, 0.15) is 5.82 Å². The van der Waals surface area contributed by atoms with Gasteiger partial charge in [-0.05, 0) is 60.2 Å². The van der Waals surface area contributed by atoms with Crippen molar-refractivity contribution in [3.8, 4) is 0 Å². The zero-order chi connectivity index (χ0) is 10.4. The zero-order valence-corrected chi connectivity index (χ0v) is 11.1. The van der Waals surface area contributed by atoms with Crippen LogP contribution in [0.1, 0.15) is 37.4 Å². The van der Waals surface area contributed by atoms with Crippen LogP contribution in [-0.2, 0) is 0 Å². The van der Waals surface area contributed by atoms with E-state index < -0.39 is 0 Å². The van der Waals surface area contributed by atoms with Crippen LogP contribution < -0.4 is 0 Å². The molecule has 1 aromatic rings. The van der Waals surface area contributed by atoms with Crippen molar-refractivity contribution in [1.29, 1.82) is 0 Å². The lowest BCUT2D eigenvalue weighted by Gasteiger charge is -2.35. The number of halogens is 1. The minimum Gasteiger partial charge on any atom is -0.300 e. The van der Waals surface area contributed by atoms with Crippen LogP contribution in [-0.4, -0.2) is 33.4 Å². The van der Waals surface area contributed by atoms with Crippen LogP contribution in [0.4, 0.5) is 0 Å². The van der Waals surface area contributed by atoms with Gasteiger partial charge in [0.05, 0.1) is 0 Å². The van der Waals surface area contributed by atoms with E-state index in [1.54, 1.807) is 0 Å². The maximum absolute atomic E-state index is 4.46. The molecule has 2 aliphatic rings. The van der Waals surface area contributed by atoms with Crippen LogP contribution in [0.2, 0.25) is 0 Å². The van der Waals surface area contributed by atoms with Gasteiger partial charge >= 0.3 is 0 Å². The van der Waals surface area contributed by atoms with Crippen LogP contribution in [0.15, 0.2) is 3.92 Å². The molecule has 0 spiro atoms. The highest BCUT2D eigenvalue weighted by molar-refractivity contribution is 9.11. The molecule has 0 amide bonds. The van der Waals surface area contributed by atoms with E-state index in [9.17, 15) is 0 Å². The molecule has 0 aromatic carbocycles. The summed E-state index contributed by atoms with van der Waals surface area (Å²) >= 11 is 4.85. The molecule has 2 aliphatic heterocycles. The van der Waals surface area contributed by atoms with Crippen LogP contribution in [0.25, 0.3) is 0 Å². The number of aromatic nitrogens is 2. The van der Waals surface area contributed by atoms with E-state index in [0.717, 1.165) is 21.8 Å². The van der Waals surface area contributed by atoms with Gasteiger partial charge in [0.25, 0.3) is 0 Å². The summed E-state index contributed by atoms with van der Waals surface area (Å²) in [4.78, 5) is 7.02. The molecule has 0 radical (unpaired) electrons. The fourth-order valence-electron chi connectivity index (χ4n) is 3.00. The minimum absolute atomic E-state index is 0.598. The Kier molecular flexibility index (Phi) is 2.57. The van der Waals surface area contributed by atoms with Crippen LogP contribution in [0, 0.1) is 0 Å². The van der Waals surface area contributed by atoms with Crippen LogP contribution in [0.3, 0.4) is 0 Å². The first kappa shape index (κ1) is 10.2. The molecule has 2 fully saturated rings. The standard InChI is InChI=1S/C10H14BrN3S/c1-14-7-2-3-8(14)5-6(4-7)9-12-10(11)15-13-9/h6-8H,2-5H2,1H3. The monoisotopic (exact) mass is 287 g/mol. The number of rotatable bonds is 1. The zero-order valence-electron chi connectivity index (χ0n) is 8.69. The summed E-state index contributed by atoms with van der Waals surface area (Å²) in [5.41, 5.74) is 0. The highest BCUT2D eigenvalue weighted by atomic mass is 79.9. The Morgan fingerprint density at radius 1 is 1.33 bits per heavy atom. The van der Waals surface area contributed by atoms with E-state index in [2.05, 4.69) is 37.2 Å². The van der Waals surface area contributed by atoms with Crippen molar-refractivity contribution in [2.75, 3.05) is 7.05 Å². The number of fused-ring (bicyclic) bond motifs is 2. The van der Waals surface area contributed by atoms with Crippen molar-refractivity contribution in [3.63, 3.8) is 0 Å². The topological polar surface area (TPSA) is 29.0 Å². The van der Waals surface area contributed by atoms with Crippen molar-refractivity contribution in [3.05, 3.63) is 9.74 Å². The smallest absolute Gasteiger partial charge is 0.179 e. The first-order valence-electron chi connectivity index (χ1n) is 5.45. The largest absolute Gasteiger partial charge is 0.300 e. The Morgan fingerprint density at radius 2 is 2.00 bits per heavy atom. The molecule has 15 heavy (non-hydrogen) atoms. The molecule has 3 rings (SSSR count). The first-order chi connectivity index (χ1) is 7.24. The summed E-state index contributed by atoms with van der Waals surface area (Å²) < 4.78 is 5.35. The Balaban J connectivity index is 1.80. The molecule has 82 valence electrons. The minimum atomic E-state index is 0.598. The van der Waals surface area contributed by atoms with Gasteiger partial charge in [0.2, 0.25) is 0 Å². The average molecular weight is 288 g/mol. The second kappa shape index (κ2) is 3.79. The highest BCUT2D eigenvalue weighted by Gasteiger charge is 2.39. The molecule has 1 aromatic heterocycles. The number of hydrogen-bond donors (Lipinski definition) is 0. The van der Waals surface area contributed by atoms with Crippen molar-refractivity contribution in [2.45, 2.75) is 43.7 Å². The van der Waals surface area contributed by atoms with Crippen LogP contribution >= 0.6 is 27.5 Å². The van der Waals surface area contributed by atoms with Crippen molar-refractivity contribution in [2.24, 2.45) is 0 Å². The Morgan fingerprint density at radius 3 is 2.53 bits per heavy atom. The Bertz CT molecular complexity index is 353. The maximum Gasteiger partial charge on any atom is 0.179 e. The van der Waals surface area contributed by atoms with Gasteiger partial charge in [-0.1, -0.05) is 0 Å². The summed E-state index contributed by atoms with van der Waals surface area (Å²) in [7, 11) is 2.27. The molecule has 2 atom stereocenters. The summed E-state index contributed by atoms with van der Waals surface area (Å²) in [6.07, 6.45) is 5.22. The van der Waals surface area contributed by atoms with Gasteiger partial charge in [-0.15, -0.1) is 0 Å². The third kappa shape index (κ3) is 1.74. The highest BCUT2D eigenvalue weighted by Crippen LogP contribution is 2.41. The van der Waals surface area contributed by atoms with Crippen LogP contribution in [0.5, 0.6) is 0 Å². The summed E-state index contributed by atoms with van der Waals surface area (Å²) in [5.74, 6) is 1.66. The first-order valence-corrected chi connectivity index (χ1v) is 7.01. The molecule has 3 nitrogen and oxygen atoms in total. The fraction of sp³-hybridized carbons (Fsp3) is 0.800. The van der Waals surface area contributed by atoms with Gasteiger partial charge in [-0.3, -0.25) is 0 Å². The third-order valence-electron chi connectivity index (χ3n) is 3.88. The second-order valence-corrected chi connectivity index (χ2v) is 6.65. The quantitative estimate of drug-likeness (QED) is 0.795. The lowest BCUT2D eigenvalue weighted by molar-refractivity contribution is 0.159. The Hall–Kier alpha value is -0.0000000000000000555. The molecule has 2 unspecified atom stereocenters. The number of nitrogens with zero attached hydrogens (tertiary/aromatic N) is 3. The molecule has 0 N–H and O–H groups in total. The third-order valence-corrected chi connectivity index (χ3v) is 5.01. The molecular weight excluding hydrogens is 274 g/mol. The van der Waals surface area contributed by atoms with Crippen molar-refractivity contribution < 1.29 is 0 Å². The molecular formula is C10H14BrN3S.